The third kappa shape index (κ3) is 4.89. The molecule has 31 heavy (non-hydrogen) atoms. The van der Waals surface area contributed by atoms with Crippen LogP contribution in [0.15, 0.2) is 47.0 Å². The molecule has 0 amide bonds. The van der Waals surface area contributed by atoms with E-state index in [4.69, 9.17) is 10.5 Å². The van der Waals surface area contributed by atoms with E-state index >= 15 is 0 Å². The van der Waals surface area contributed by atoms with Crippen LogP contribution in [0.25, 0.3) is 5.70 Å². The normalized spacial score (nSPS) is 15.4. The molecule has 0 spiro atoms. The van der Waals surface area contributed by atoms with E-state index in [1.54, 1.807) is 29.9 Å². The van der Waals surface area contributed by atoms with Gasteiger partial charge in [-0.05, 0) is 56.3 Å². The molecule has 1 aromatic heterocycles. The second kappa shape index (κ2) is 9.23. The van der Waals surface area contributed by atoms with Crippen LogP contribution in [0.4, 0.5) is 8.78 Å². The summed E-state index contributed by atoms with van der Waals surface area (Å²) < 4.78 is 35.3. The fourth-order valence-corrected chi connectivity index (χ4v) is 3.19. The largest absolute Gasteiger partial charge is 0.439 e. The molecule has 8 heteroatoms. The number of halogens is 2. The van der Waals surface area contributed by atoms with Crippen molar-refractivity contribution in [3.05, 3.63) is 58.8 Å². The first-order valence-corrected chi connectivity index (χ1v) is 9.99. The van der Waals surface area contributed by atoms with Gasteiger partial charge in [0, 0.05) is 24.6 Å². The maximum atomic E-state index is 13.8. The van der Waals surface area contributed by atoms with Crippen LogP contribution in [0.3, 0.4) is 0 Å². The van der Waals surface area contributed by atoms with E-state index in [0.29, 0.717) is 34.4 Å². The van der Waals surface area contributed by atoms with Gasteiger partial charge in [-0.15, -0.1) is 0 Å². The molecule has 6 nitrogen and oxygen atoms in total. The number of aliphatic imine (C=N–C) groups is 1. The van der Waals surface area contributed by atoms with E-state index in [2.05, 4.69) is 22.9 Å². The van der Waals surface area contributed by atoms with E-state index in [9.17, 15) is 14.0 Å². The van der Waals surface area contributed by atoms with Gasteiger partial charge in [0.1, 0.15) is 5.75 Å². The summed E-state index contributed by atoms with van der Waals surface area (Å²) in [5.41, 5.74) is 7.16. The van der Waals surface area contributed by atoms with Crippen LogP contribution in [0.5, 0.6) is 11.6 Å². The van der Waals surface area contributed by atoms with Crippen LogP contribution in [0.1, 0.15) is 48.9 Å². The zero-order chi connectivity index (χ0) is 22.6. The lowest BCUT2D eigenvalue weighted by atomic mass is 9.83. The van der Waals surface area contributed by atoms with Crippen LogP contribution in [0, 0.1) is 11.3 Å². The highest BCUT2D eigenvalue weighted by Gasteiger charge is 2.28. The minimum Gasteiger partial charge on any atom is -0.439 e. The zero-order valence-corrected chi connectivity index (χ0v) is 17.6. The lowest BCUT2D eigenvalue weighted by Gasteiger charge is -2.22. The molecule has 0 atom stereocenters. The van der Waals surface area contributed by atoms with E-state index in [-0.39, 0.29) is 5.57 Å². The lowest BCUT2D eigenvalue weighted by Crippen LogP contribution is -2.28. The molecule has 0 unspecified atom stereocenters. The minimum absolute atomic E-state index is 0.191. The number of hydrogen-bond donors (Lipinski definition) is 1. The Morgan fingerprint density at radius 3 is 2.74 bits per heavy atom. The van der Waals surface area contributed by atoms with Crippen molar-refractivity contribution in [2.24, 2.45) is 17.8 Å². The quantitative estimate of drug-likeness (QED) is 0.479. The summed E-state index contributed by atoms with van der Waals surface area (Å²) in [6.07, 6.45) is 6.11. The van der Waals surface area contributed by atoms with Crippen molar-refractivity contribution in [1.82, 2.24) is 9.78 Å². The molecule has 1 heterocycles. The zero-order valence-electron chi connectivity index (χ0n) is 17.6. The van der Waals surface area contributed by atoms with Gasteiger partial charge in [-0.1, -0.05) is 12.5 Å². The molecule has 0 aliphatic heterocycles. The standard InChI is InChI=1S/C23H25F2N5O/c1-15(23(24,25)14-27)7-10-19(28-2)18-9-8-16(13-26)11-21(18)31-22-12-20(29-30(22)3)17-5-4-6-17/h7-12,17H,2,4-6,14,27H2,1,3H3/b15-7+,19-10-. The number of allylic oxidation sites excluding steroid dienone is 2. The topological polar surface area (TPSA) is 89.2 Å². The third-order valence-corrected chi connectivity index (χ3v) is 5.48. The average Bonchev–Trinajstić information content (AvgIpc) is 3.06. The first-order chi connectivity index (χ1) is 14.8. The van der Waals surface area contributed by atoms with E-state index in [1.165, 1.54) is 25.5 Å². The summed E-state index contributed by atoms with van der Waals surface area (Å²) in [6, 6.07) is 8.81. The number of nitrogens with two attached hydrogens (primary N) is 1. The van der Waals surface area contributed by atoms with Crippen LogP contribution in [-0.2, 0) is 7.05 Å². The van der Waals surface area contributed by atoms with Gasteiger partial charge in [0.05, 0.1) is 29.6 Å². The maximum Gasteiger partial charge on any atom is 0.281 e. The number of nitrogens with zero attached hydrogens (tertiary/aromatic N) is 4. The molecule has 3 rings (SSSR count). The summed E-state index contributed by atoms with van der Waals surface area (Å²) in [5.74, 6) is -1.80. The molecule has 1 saturated carbocycles. The molecule has 0 saturated heterocycles. The summed E-state index contributed by atoms with van der Waals surface area (Å²) >= 11 is 0. The minimum atomic E-state index is -3.11. The summed E-state index contributed by atoms with van der Waals surface area (Å²) in [7, 11) is 1.79. The van der Waals surface area contributed by atoms with E-state index < -0.39 is 12.5 Å². The predicted octanol–water partition coefficient (Wildman–Crippen LogP) is 4.93. The van der Waals surface area contributed by atoms with Gasteiger partial charge in [0.2, 0.25) is 5.88 Å². The second-order valence-corrected chi connectivity index (χ2v) is 7.55. The van der Waals surface area contributed by atoms with Gasteiger partial charge in [0.25, 0.3) is 5.92 Å². The van der Waals surface area contributed by atoms with Crippen molar-refractivity contribution in [3.8, 4) is 17.7 Å². The number of benzene rings is 1. The second-order valence-electron chi connectivity index (χ2n) is 7.55. The number of hydrogen-bond acceptors (Lipinski definition) is 5. The first kappa shape index (κ1) is 22.4. The number of aryl methyl sites for hydroxylation is 1. The molecular weight excluding hydrogens is 400 g/mol. The van der Waals surface area contributed by atoms with Crippen LogP contribution in [0.2, 0.25) is 0 Å². The van der Waals surface area contributed by atoms with Gasteiger partial charge < -0.3 is 10.5 Å². The van der Waals surface area contributed by atoms with Gasteiger partial charge in [0.15, 0.2) is 0 Å². The smallest absolute Gasteiger partial charge is 0.281 e. The summed E-state index contributed by atoms with van der Waals surface area (Å²) in [4.78, 5) is 3.98. The van der Waals surface area contributed by atoms with Crippen LogP contribution in [-0.4, -0.2) is 29.0 Å². The number of nitriles is 1. The highest BCUT2D eigenvalue weighted by atomic mass is 19.3. The molecule has 162 valence electrons. The third-order valence-electron chi connectivity index (χ3n) is 5.48. The first-order valence-electron chi connectivity index (χ1n) is 9.99. The molecule has 1 aliphatic carbocycles. The molecule has 1 aromatic carbocycles. The number of rotatable bonds is 8. The molecule has 1 aliphatic rings. The van der Waals surface area contributed by atoms with Crippen molar-refractivity contribution >= 4 is 12.4 Å². The van der Waals surface area contributed by atoms with Gasteiger partial charge in [-0.2, -0.15) is 10.4 Å². The Hall–Kier alpha value is -3.31. The lowest BCUT2D eigenvalue weighted by molar-refractivity contribution is 0.0517. The van der Waals surface area contributed by atoms with Crippen LogP contribution >= 0.6 is 0 Å². The van der Waals surface area contributed by atoms with Crippen molar-refractivity contribution in [2.45, 2.75) is 38.0 Å². The average molecular weight is 425 g/mol. The Kier molecular flexibility index (Phi) is 6.66. The summed E-state index contributed by atoms with van der Waals surface area (Å²) in [5, 5.41) is 13.8. The fraction of sp³-hybridized carbons (Fsp3) is 0.348. The maximum absolute atomic E-state index is 13.8. The van der Waals surface area contributed by atoms with Gasteiger partial charge >= 0.3 is 0 Å². The highest BCUT2D eigenvalue weighted by Crippen LogP contribution is 2.38. The Labute approximate surface area is 180 Å². The Bertz CT molecular complexity index is 1070. The van der Waals surface area contributed by atoms with E-state index in [1.807, 2.05) is 6.07 Å². The number of aromatic nitrogens is 2. The van der Waals surface area contributed by atoms with Crippen molar-refractivity contribution < 1.29 is 13.5 Å². The SMILES string of the molecule is C=N/C(=C\C=C(/C)C(F)(F)CN)c1ccc(C#N)cc1Oc1cc(C2CCC2)nn1C. The Morgan fingerprint density at radius 1 is 1.42 bits per heavy atom. The number of alkyl halides is 2. The summed E-state index contributed by atoms with van der Waals surface area (Å²) in [6.45, 7) is 4.07. The van der Waals surface area contributed by atoms with Crippen LogP contribution < -0.4 is 10.5 Å². The fourth-order valence-electron chi connectivity index (χ4n) is 3.19. The predicted molar refractivity (Wildman–Crippen MR) is 116 cm³/mol. The Morgan fingerprint density at radius 2 is 2.16 bits per heavy atom. The van der Waals surface area contributed by atoms with Gasteiger partial charge in [-0.25, -0.2) is 13.5 Å². The Balaban J connectivity index is 1.98. The van der Waals surface area contributed by atoms with Crippen molar-refractivity contribution in [1.29, 1.82) is 5.26 Å². The molecule has 2 N–H and O–H groups in total. The van der Waals surface area contributed by atoms with E-state index in [0.717, 1.165) is 18.5 Å². The molecular formula is C23H25F2N5O. The molecule has 1 fully saturated rings. The van der Waals surface area contributed by atoms with Gasteiger partial charge in [-0.3, -0.25) is 4.99 Å². The molecule has 0 bridgehead atoms. The molecule has 0 radical (unpaired) electrons. The monoisotopic (exact) mass is 425 g/mol. The van der Waals surface area contributed by atoms with Crippen molar-refractivity contribution in [3.63, 3.8) is 0 Å². The molecule has 2 aromatic rings. The number of ether oxygens (including phenoxy) is 1. The van der Waals surface area contributed by atoms with Crippen molar-refractivity contribution in [2.75, 3.05) is 6.54 Å². The highest BCUT2D eigenvalue weighted by molar-refractivity contribution is 5.74.